The lowest BCUT2D eigenvalue weighted by Gasteiger charge is -2.13. The smallest absolute Gasteiger partial charge is 0.268 e. The Morgan fingerprint density at radius 2 is 1.57 bits per heavy atom. The van der Waals surface area contributed by atoms with Crippen LogP contribution >= 0.6 is 22.6 Å². The van der Waals surface area contributed by atoms with Gasteiger partial charge in [-0.3, -0.25) is 19.7 Å². The van der Waals surface area contributed by atoms with E-state index < -0.39 is 16.7 Å². The van der Waals surface area contributed by atoms with Crippen LogP contribution in [0.1, 0.15) is 20.7 Å². The van der Waals surface area contributed by atoms with Crippen LogP contribution in [0.3, 0.4) is 0 Å². The lowest BCUT2D eigenvalue weighted by Crippen LogP contribution is -2.29. The van der Waals surface area contributed by atoms with Crippen molar-refractivity contribution in [2.45, 2.75) is 0 Å². The number of fused-ring (bicyclic) bond motifs is 1. The third-order valence-corrected chi connectivity index (χ3v) is 3.88. The van der Waals surface area contributed by atoms with Gasteiger partial charge in [0.25, 0.3) is 17.5 Å². The van der Waals surface area contributed by atoms with Crippen molar-refractivity contribution < 1.29 is 14.5 Å². The van der Waals surface area contributed by atoms with E-state index in [0.29, 0.717) is 5.69 Å². The van der Waals surface area contributed by atoms with Crippen LogP contribution < -0.4 is 4.90 Å². The number of hydrogen-bond acceptors (Lipinski definition) is 4. The van der Waals surface area contributed by atoms with Crippen molar-refractivity contribution in [2.75, 3.05) is 4.90 Å². The van der Waals surface area contributed by atoms with Crippen LogP contribution in [0.5, 0.6) is 0 Å². The monoisotopic (exact) mass is 394 g/mol. The van der Waals surface area contributed by atoms with Crippen LogP contribution in [-0.2, 0) is 0 Å². The van der Waals surface area contributed by atoms with Crippen molar-refractivity contribution in [1.82, 2.24) is 0 Å². The standard InChI is InChI=1S/C14H7IN2O4/c15-8-1-3-9(4-2-8)16-13(18)11-6-5-10(17(20)21)7-12(11)14(16)19/h1-7H. The first-order valence-electron chi connectivity index (χ1n) is 5.92. The van der Waals surface area contributed by atoms with Gasteiger partial charge in [-0.1, -0.05) is 0 Å². The molecule has 0 aromatic heterocycles. The summed E-state index contributed by atoms with van der Waals surface area (Å²) in [4.78, 5) is 35.9. The molecule has 0 saturated carbocycles. The van der Waals surface area contributed by atoms with Crippen LogP contribution in [0.15, 0.2) is 42.5 Å². The number of carbonyl (C=O) groups excluding carboxylic acids is 2. The number of halogens is 1. The molecule has 1 heterocycles. The molecule has 0 atom stereocenters. The maximum absolute atomic E-state index is 12.3. The minimum absolute atomic E-state index is 0.0627. The molecule has 1 aliphatic heterocycles. The Morgan fingerprint density at radius 1 is 0.952 bits per heavy atom. The van der Waals surface area contributed by atoms with Crippen LogP contribution in [0.2, 0.25) is 0 Å². The average Bonchev–Trinajstić information content (AvgIpc) is 2.72. The van der Waals surface area contributed by atoms with E-state index in [1.807, 2.05) is 0 Å². The van der Waals surface area contributed by atoms with E-state index >= 15 is 0 Å². The number of amides is 2. The van der Waals surface area contributed by atoms with E-state index in [0.717, 1.165) is 14.5 Å². The molecule has 1 aliphatic rings. The van der Waals surface area contributed by atoms with Crippen molar-refractivity contribution in [1.29, 1.82) is 0 Å². The number of anilines is 1. The summed E-state index contributed by atoms with van der Waals surface area (Å²) in [5, 5.41) is 10.8. The number of nitro groups is 1. The highest BCUT2D eigenvalue weighted by Gasteiger charge is 2.37. The Kier molecular flexibility index (Phi) is 3.20. The molecule has 2 amide bonds. The highest BCUT2D eigenvalue weighted by Crippen LogP contribution is 2.30. The molecule has 21 heavy (non-hydrogen) atoms. The fraction of sp³-hybridized carbons (Fsp3) is 0. The number of nitro benzene ring substituents is 1. The summed E-state index contributed by atoms with van der Waals surface area (Å²) in [5.74, 6) is -1.01. The highest BCUT2D eigenvalue weighted by molar-refractivity contribution is 14.1. The number of non-ortho nitro benzene ring substituents is 1. The minimum atomic E-state index is -0.592. The van der Waals surface area contributed by atoms with Crippen LogP contribution in [0, 0.1) is 13.7 Å². The number of nitrogens with zero attached hydrogens (tertiary/aromatic N) is 2. The van der Waals surface area contributed by atoms with Gasteiger partial charge in [0.1, 0.15) is 0 Å². The molecule has 3 rings (SSSR count). The predicted octanol–water partition coefficient (Wildman–Crippen LogP) is 3.00. The second kappa shape index (κ2) is 4.92. The normalized spacial score (nSPS) is 13.5. The molecule has 0 radical (unpaired) electrons. The van der Waals surface area contributed by atoms with Crippen molar-refractivity contribution in [3.8, 4) is 0 Å². The second-order valence-electron chi connectivity index (χ2n) is 4.41. The number of imide groups is 1. The first-order chi connectivity index (χ1) is 9.99. The Morgan fingerprint density at radius 3 is 2.19 bits per heavy atom. The van der Waals surface area contributed by atoms with Gasteiger partial charge in [-0.15, -0.1) is 0 Å². The summed E-state index contributed by atoms with van der Waals surface area (Å²) in [5.41, 5.74) is 0.487. The fourth-order valence-corrected chi connectivity index (χ4v) is 2.53. The van der Waals surface area contributed by atoms with Crippen LogP contribution in [-0.4, -0.2) is 16.7 Å². The summed E-state index contributed by atoms with van der Waals surface area (Å²) in [6.07, 6.45) is 0. The third kappa shape index (κ3) is 2.19. The second-order valence-corrected chi connectivity index (χ2v) is 5.65. The van der Waals surface area contributed by atoms with E-state index in [1.54, 1.807) is 24.3 Å². The van der Waals surface area contributed by atoms with Gasteiger partial charge in [0.15, 0.2) is 0 Å². The molecule has 0 aliphatic carbocycles. The van der Waals surface area contributed by atoms with Gasteiger partial charge >= 0.3 is 0 Å². The molecule has 7 heteroatoms. The first kappa shape index (κ1) is 13.7. The number of carbonyl (C=O) groups is 2. The van der Waals surface area contributed by atoms with E-state index in [2.05, 4.69) is 22.6 Å². The van der Waals surface area contributed by atoms with E-state index in [4.69, 9.17) is 0 Å². The molecule has 2 aromatic rings. The number of hydrogen-bond donors (Lipinski definition) is 0. The van der Waals surface area contributed by atoms with Gasteiger partial charge in [0, 0.05) is 15.7 Å². The molecular weight excluding hydrogens is 387 g/mol. The molecule has 0 unspecified atom stereocenters. The van der Waals surface area contributed by atoms with Crippen LogP contribution in [0.25, 0.3) is 0 Å². The highest BCUT2D eigenvalue weighted by atomic mass is 127. The Labute approximate surface area is 132 Å². The number of benzene rings is 2. The van der Waals surface area contributed by atoms with Crippen molar-refractivity contribution >= 4 is 45.8 Å². The molecule has 0 saturated heterocycles. The lowest BCUT2D eigenvalue weighted by molar-refractivity contribution is -0.384. The summed E-state index contributed by atoms with van der Waals surface area (Å²) in [6.45, 7) is 0. The van der Waals surface area contributed by atoms with Crippen LogP contribution in [0.4, 0.5) is 11.4 Å². The van der Waals surface area contributed by atoms with Gasteiger partial charge in [0.2, 0.25) is 0 Å². The zero-order chi connectivity index (χ0) is 15.1. The largest absolute Gasteiger partial charge is 0.270 e. The van der Waals surface area contributed by atoms with E-state index in [9.17, 15) is 19.7 Å². The molecule has 0 fully saturated rings. The zero-order valence-electron chi connectivity index (χ0n) is 10.4. The Bertz CT molecular complexity index is 786. The van der Waals surface area contributed by atoms with Crippen molar-refractivity contribution in [3.63, 3.8) is 0 Å². The maximum Gasteiger partial charge on any atom is 0.270 e. The van der Waals surface area contributed by atoms with Gasteiger partial charge in [-0.2, -0.15) is 0 Å². The zero-order valence-corrected chi connectivity index (χ0v) is 12.6. The third-order valence-electron chi connectivity index (χ3n) is 3.17. The summed E-state index contributed by atoms with van der Waals surface area (Å²) < 4.78 is 0.976. The maximum atomic E-state index is 12.3. The fourth-order valence-electron chi connectivity index (χ4n) is 2.17. The summed E-state index contributed by atoms with van der Waals surface area (Å²) in [7, 11) is 0. The van der Waals surface area contributed by atoms with Gasteiger partial charge < -0.3 is 0 Å². The molecule has 104 valence electrons. The van der Waals surface area contributed by atoms with Gasteiger partial charge in [-0.05, 0) is 52.9 Å². The molecule has 0 N–H and O–H groups in total. The Hall–Kier alpha value is -2.29. The quantitative estimate of drug-likeness (QED) is 0.340. The van der Waals surface area contributed by atoms with Gasteiger partial charge in [-0.25, -0.2) is 4.90 Å². The van der Waals surface area contributed by atoms with Crippen molar-refractivity contribution in [3.05, 3.63) is 67.3 Å². The van der Waals surface area contributed by atoms with Crippen molar-refractivity contribution in [2.24, 2.45) is 0 Å². The summed E-state index contributed by atoms with van der Waals surface area (Å²) >= 11 is 2.12. The first-order valence-corrected chi connectivity index (χ1v) is 6.99. The van der Waals surface area contributed by atoms with E-state index in [-0.39, 0.29) is 16.8 Å². The van der Waals surface area contributed by atoms with E-state index in [1.165, 1.54) is 12.1 Å². The van der Waals surface area contributed by atoms with Gasteiger partial charge in [0.05, 0.1) is 21.7 Å². The molecule has 0 spiro atoms. The molecular formula is C14H7IN2O4. The average molecular weight is 394 g/mol. The predicted molar refractivity (Wildman–Crippen MR) is 83.4 cm³/mol. The SMILES string of the molecule is O=C1c2ccc([N+](=O)[O-])cc2C(=O)N1c1ccc(I)cc1. The minimum Gasteiger partial charge on any atom is -0.268 e. The number of rotatable bonds is 2. The Balaban J connectivity index is 2.08. The molecule has 2 aromatic carbocycles. The summed E-state index contributed by atoms with van der Waals surface area (Å²) in [6, 6.07) is 10.6. The molecule has 0 bridgehead atoms. The molecule has 6 nitrogen and oxygen atoms in total. The topological polar surface area (TPSA) is 80.5 Å². The lowest BCUT2D eigenvalue weighted by atomic mass is 10.1.